The molecule has 7 heteroatoms. The molecule has 0 aliphatic rings. The van der Waals surface area contributed by atoms with Gasteiger partial charge in [-0.25, -0.2) is 0 Å². The van der Waals surface area contributed by atoms with Gasteiger partial charge in [-0.15, -0.1) is 0 Å². The second-order valence-electron chi connectivity index (χ2n) is 2.66. The molecule has 0 atom stereocenters. The number of ether oxygens (including phenoxy) is 1. The van der Waals surface area contributed by atoms with Gasteiger partial charge >= 0.3 is 12.3 Å². The Bertz CT molecular complexity index is 395. The van der Waals surface area contributed by atoms with Crippen molar-refractivity contribution in [2.24, 2.45) is 0 Å². The fraction of sp³-hybridized carbons (Fsp3) is 0.250. The average Bonchev–Trinajstić information content (AvgIpc) is 2.12. The summed E-state index contributed by atoms with van der Waals surface area (Å²) >= 11 is 0. The van der Waals surface area contributed by atoms with Gasteiger partial charge in [0.1, 0.15) is 5.75 Å². The maximum atomic E-state index is 13.2. The fourth-order valence-electron chi connectivity index (χ4n) is 1.02. The highest BCUT2D eigenvalue weighted by molar-refractivity contribution is 5.44. The lowest BCUT2D eigenvalue weighted by molar-refractivity contribution is -0.387. The van der Waals surface area contributed by atoms with Crippen molar-refractivity contribution in [3.63, 3.8) is 0 Å². The van der Waals surface area contributed by atoms with Crippen LogP contribution in [0.3, 0.4) is 0 Å². The van der Waals surface area contributed by atoms with Gasteiger partial charge in [0.15, 0.2) is 0 Å². The Kier molecular flexibility index (Phi) is 3.13. The molecule has 0 fully saturated rings. The first-order valence-corrected chi connectivity index (χ1v) is 3.81. The lowest BCUT2D eigenvalue weighted by atomic mass is 10.2. The molecular weight excluding hydrogens is 215 g/mol. The molecule has 0 heterocycles. The number of alkyl halides is 2. The van der Waals surface area contributed by atoms with Crippen LogP contribution in [0.15, 0.2) is 12.1 Å². The van der Waals surface area contributed by atoms with Crippen LogP contribution < -0.4 is 4.74 Å². The minimum Gasteiger partial charge on any atom is -0.434 e. The van der Waals surface area contributed by atoms with Gasteiger partial charge in [-0.2, -0.15) is 13.2 Å². The average molecular weight is 221 g/mol. The maximum Gasteiger partial charge on any atom is 0.387 e. The molecule has 1 rings (SSSR count). The van der Waals surface area contributed by atoms with Gasteiger partial charge in [-0.3, -0.25) is 10.1 Å². The molecule has 4 nitrogen and oxygen atoms in total. The second-order valence-corrected chi connectivity index (χ2v) is 2.66. The highest BCUT2D eigenvalue weighted by Gasteiger charge is 2.20. The van der Waals surface area contributed by atoms with Gasteiger partial charge in [0.25, 0.3) is 0 Å². The van der Waals surface area contributed by atoms with Gasteiger partial charge in [0, 0.05) is 11.6 Å². The summed E-state index contributed by atoms with van der Waals surface area (Å²) in [5.41, 5.74) is -1.08. The van der Waals surface area contributed by atoms with Gasteiger partial charge in [0.2, 0.25) is 5.82 Å². The van der Waals surface area contributed by atoms with Gasteiger partial charge in [0.05, 0.1) is 4.92 Å². The highest BCUT2D eigenvalue weighted by Crippen LogP contribution is 2.28. The first-order valence-electron chi connectivity index (χ1n) is 3.81. The van der Waals surface area contributed by atoms with E-state index in [1.807, 2.05) is 0 Å². The summed E-state index contributed by atoms with van der Waals surface area (Å²) in [4.78, 5) is 9.35. The van der Waals surface area contributed by atoms with E-state index in [2.05, 4.69) is 4.74 Å². The Balaban J connectivity index is 3.15. The number of rotatable bonds is 3. The van der Waals surface area contributed by atoms with Crippen molar-refractivity contribution >= 4 is 5.69 Å². The van der Waals surface area contributed by atoms with Crippen LogP contribution in [-0.4, -0.2) is 11.5 Å². The third kappa shape index (κ3) is 2.36. The minimum atomic E-state index is -3.09. The van der Waals surface area contributed by atoms with E-state index in [0.717, 1.165) is 19.1 Å². The molecule has 82 valence electrons. The van der Waals surface area contributed by atoms with Crippen molar-refractivity contribution in [1.29, 1.82) is 0 Å². The molecule has 0 aromatic heterocycles. The summed E-state index contributed by atoms with van der Waals surface area (Å²) in [6.07, 6.45) is 0. The summed E-state index contributed by atoms with van der Waals surface area (Å²) in [7, 11) is 0. The van der Waals surface area contributed by atoms with E-state index in [1.165, 1.54) is 0 Å². The first-order chi connectivity index (χ1) is 6.93. The minimum absolute atomic E-state index is 0.315. The maximum absolute atomic E-state index is 13.2. The third-order valence-electron chi connectivity index (χ3n) is 1.73. The molecule has 0 aliphatic carbocycles. The summed E-state index contributed by atoms with van der Waals surface area (Å²) in [6.45, 7) is -1.97. The zero-order valence-electron chi connectivity index (χ0n) is 7.54. The molecule has 0 unspecified atom stereocenters. The monoisotopic (exact) mass is 221 g/mol. The normalized spacial score (nSPS) is 10.5. The van der Waals surface area contributed by atoms with E-state index in [4.69, 9.17) is 0 Å². The molecule has 0 saturated heterocycles. The summed E-state index contributed by atoms with van der Waals surface area (Å²) < 4.78 is 40.8. The number of halogens is 3. The molecule has 0 radical (unpaired) electrons. The van der Waals surface area contributed by atoms with Crippen LogP contribution in [0.2, 0.25) is 0 Å². The smallest absolute Gasteiger partial charge is 0.387 e. The van der Waals surface area contributed by atoms with Crippen molar-refractivity contribution in [3.05, 3.63) is 33.6 Å². The quantitative estimate of drug-likeness (QED) is 0.582. The van der Waals surface area contributed by atoms with E-state index < -0.39 is 28.8 Å². The van der Waals surface area contributed by atoms with E-state index in [-0.39, 0.29) is 5.56 Å². The largest absolute Gasteiger partial charge is 0.434 e. The Morgan fingerprint density at radius 2 is 2.07 bits per heavy atom. The lowest BCUT2D eigenvalue weighted by Crippen LogP contribution is -2.05. The number of nitro groups is 1. The molecule has 15 heavy (non-hydrogen) atoms. The first kappa shape index (κ1) is 11.3. The van der Waals surface area contributed by atoms with E-state index in [9.17, 15) is 23.3 Å². The van der Waals surface area contributed by atoms with Crippen LogP contribution in [0, 0.1) is 22.9 Å². The van der Waals surface area contributed by atoms with Crippen molar-refractivity contribution in [2.45, 2.75) is 13.5 Å². The number of hydrogen-bond donors (Lipinski definition) is 0. The van der Waals surface area contributed by atoms with Crippen LogP contribution in [0.1, 0.15) is 5.56 Å². The van der Waals surface area contributed by atoms with Crippen molar-refractivity contribution in [3.8, 4) is 5.75 Å². The SMILES string of the molecule is Cc1c(OC(F)F)ccc([N+](=O)[O-])c1F. The molecule has 0 N–H and O–H groups in total. The van der Waals surface area contributed by atoms with E-state index in [0.29, 0.717) is 0 Å². The van der Waals surface area contributed by atoms with Crippen LogP contribution in [-0.2, 0) is 0 Å². The third-order valence-corrected chi connectivity index (χ3v) is 1.73. The Hall–Kier alpha value is -1.79. The Labute approximate surface area is 82.4 Å². The van der Waals surface area contributed by atoms with Crippen LogP contribution in [0.25, 0.3) is 0 Å². The second kappa shape index (κ2) is 4.16. The van der Waals surface area contributed by atoms with Crippen molar-refractivity contribution < 1.29 is 22.8 Å². The van der Waals surface area contributed by atoms with Crippen LogP contribution >= 0.6 is 0 Å². The predicted molar refractivity (Wildman–Crippen MR) is 44.4 cm³/mol. The summed E-state index contributed by atoms with van der Waals surface area (Å²) in [6, 6.07) is 1.71. The molecule has 1 aromatic rings. The lowest BCUT2D eigenvalue weighted by Gasteiger charge is -2.07. The molecular formula is C8H6F3NO3. The van der Waals surface area contributed by atoms with Gasteiger partial charge in [-0.05, 0) is 13.0 Å². The number of nitro benzene ring substituents is 1. The van der Waals surface area contributed by atoms with Gasteiger partial charge in [-0.1, -0.05) is 0 Å². The van der Waals surface area contributed by atoms with Gasteiger partial charge < -0.3 is 4.74 Å². The standard InChI is InChI=1S/C8H6F3NO3/c1-4-6(15-8(10)11)3-2-5(7(4)9)12(13)14/h2-3,8H,1H3. The molecule has 0 amide bonds. The molecule has 0 saturated carbocycles. The number of nitrogens with zero attached hydrogens (tertiary/aromatic N) is 1. The highest BCUT2D eigenvalue weighted by atomic mass is 19.3. The number of benzene rings is 1. The Morgan fingerprint density at radius 1 is 1.47 bits per heavy atom. The molecule has 0 spiro atoms. The summed E-state index contributed by atoms with van der Waals surface area (Å²) in [5.74, 6) is -1.58. The zero-order chi connectivity index (χ0) is 11.6. The summed E-state index contributed by atoms with van der Waals surface area (Å²) in [5, 5.41) is 10.3. The predicted octanol–water partition coefficient (Wildman–Crippen LogP) is 2.64. The topological polar surface area (TPSA) is 52.4 Å². The number of hydrogen-bond acceptors (Lipinski definition) is 3. The molecule has 0 bridgehead atoms. The molecule has 0 aliphatic heterocycles. The zero-order valence-corrected chi connectivity index (χ0v) is 7.54. The van der Waals surface area contributed by atoms with Crippen LogP contribution in [0.5, 0.6) is 5.75 Å². The van der Waals surface area contributed by atoms with Crippen molar-refractivity contribution in [2.75, 3.05) is 0 Å². The van der Waals surface area contributed by atoms with E-state index in [1.54, 1.807) is 0 Å². The van der Waals surface area contributed by atoms with Crippen molar-refractivity contribution in [1.82, 2.24) is 0 Å². The van der Waals surface area contributed by atoms with Crippen LogP contribution in [0.4, 0.5) is 18.9 Å². The Morgan fingerprint density at radius 3 is 2.53 bits per heavy atom. The molecule has 1 aromatic carbocycles. The van der Waals surface area contributed by atoms with E-state index >= 15 is 0 Å². The fourth-order valence-corrected chi connectivity index (χ4v) is 1.02.